The van der Waals surface area contributed by atoms with Gasteiger partial charge in [0.15, 0.2) is 0 Å². The van der Waals surface area contributed by atoms with Crippen LogP contribution in [0.15, 0.2) is 0 Å². The van der Waals surface area contributed by atoms with Crippen LogP contribution in [-0.4, -0.2) is 54.9 Å². The van der Waals surface area contributed by atoms with Crippen LogP contribution in [0.4, 0.5) is 0 Å². The van der Waals surface area contributed by atoms with Gasteiger partial charge in [-0.2, -0.15) is 0 Å². The fourth-order valence-corrected chi connectivity index (χ4v) is 1.84. The maximum atomic E-state index is 11.8. The van der Waals surface area contributed by atoms with Crippen molar-refractivity contribution in [1.82, 2.24) is 0 Å². The normalized spacial score (nSPS) is 19.9. The third kappa shape index (κ3) is 3.10. The monoisotopic (exact) mass is 274 g/mol. The molecule has 1 aliphatic heterocycles. The second-order valence-electron chi connectivity index (χ2n) is 4.05. The van der Waals surface area contributed by atoms with E-state index in [1.165, 1.54) is 13.8 Å². The molecule has 0 aliphatic carbocycles. The quantitative estimate of drug-likeness (QED) is 0.530. The number of hydrogen-bond donors (Lipinski definition) is 1. The van der Waals surface area contributed by atoms with Crippen LogP contribution in [0, 0.1) is 5.92 Å². The molecule has 0 bridgehead atoms. The second kappa shape index (κ2) is 6.63. The van der Waals surface area contributed by atoms with E-state index >= 15 is 0 Å². The molecule has 108 valence electrons. The first-order valence-electron chi connectivity index (χ1n) is 6.15. The van der Waals surface area contributed by atoms with Crippen molar-refractivity contribution in [3.8, 4) is 0 Å². The zero-order valence-electron chi connectivity index (χ0n) is 11.0. The van der Waals surface area contributed by atoms with Crippen molar-refractivity contribution in [1.29, 1.82) is 0 Å². The van der Waals surface area contributed by atoms with Crippen LogP contribution in [0.5, 0.6) is 0 Å². The molecule has 1 fully saturated rings. The maximum Gasteiger partial charge on any atom is 0.350 e. The average molecular weight is 274 g/mol. The zero-order chi connectivity index (χ0) is 14.5. The van der Waals surface area contributed by atoms with Gasteiger partial charge in [-0.1, -0.05) is 0 Å². The van der Waals surface area contributed by atoms with E-state index in [2.05, 4.69) is 9.47 Å². The van der Waals surface area contributed by atoms with Crippen LogP contribution < -0.4 is 0 Å². The number of ether oxygens (including phenoxy) is 3. The molecule has 1 N–H and O–H groups in total. The summed E-state index contributed by atoms with van der Waals surface area (Å²) in [6, 6.07) is 0. The molecule has 1 rings (SSSR count). The lowest BCUT2D eigenvalue weighted by Crippen LogP contribution is -2.59. The summed E-state index contributed by atoms with van der Waals surface area (Å²) in [6.45, 7) is 3.00. The van der Waals surface area contributed by atoms with Crippen LogP contribution in [0.1, 0.15) is 20.3 Å². The van der Waals surface area contributed by atoms with Crippen molar-refractivity contribution in [2.75, 3.05) is 26.4 Å². The molecule has 1 heterocycles. The van der Waals surface area contributed by atoms with Gasteiger partial charge in [-0.05, 0) is 13.8 Å². The van der Waals surface area contributed by atoms with Crippen molar-refractivity contribution < 1.29 is 33.7 Å². The number of aliphatic hydroxyl groups is 1. The predicted molar refractivity (Wildman–Crippen MR) is 62.1 cm³/mol. The molecule has 0 spiro atoms. The molecule has 1 aliphatic rings. The van der Waals surface area contributed by atoms with Gasteiger partial charge in [0.25, 0.3) is 5.60 Å². The Morgan fingerprint density at radius 3 is 2.26 bits per heavy atom. The molecule has 7 heteroatoms. The molecule has 0 radical (unpaired) electrons. The summed E-state index contributed by atoms with van der Waals surface area (Å²) < 4.78 is 14.4. The summed E-state index contributed by atoms with van der Waals surface area (Å²) >= 11 is 0. The Morgan fingerprint density at radius 2 is 1.84 bits per heavy atom. The van der Waals surface area contributed by atoms with E-state index in [4.69, 9.17) is 4.74 Å². The minimum Gasteiger partial charge on any atom is -0.463 e. The van der Waals surface area contributed by atoms with Crippen molar-refractivity contribution in [2.24, 2.45) is 5.92 Å². The standard InChI is InChI=1S/C12H18O7/c1-3-18-10(14)12(16,11(15)19-4-2)8-7-17-6-5-9(8)13/h8,16H,3-7H2,1-2H3. The molecule has 1 atom stereocenters. The minimum absolute atomic E-state index is 0.0255. The minimum atomic E-state index is -2.64. The second-order valence-corrected chi connectivity index (χ2v) is 4.05. The van der Waals surface area contributed by atoms with Crippen molar-refractivity contribution in [3.63, 3.8) is 0 Å². The van der Waals surface area contributed by atoms with Crippen LogP contribution in [0.25, 0.3) is 0 Å². The van der Waals surface area contributed by atoms with E-state index in [0.29, 0.717) is 0 Å². The molecule has 0 amide bonds. The molecule has 0 saturated carbocycles. The van der Waals surface area contributed by atoms with E-state index in [9.17, 15) is 19.5 Å². The van der Waals surface area contributed by atoms with Gasteiger partial charge in [0.2, 0.25) is 0 Å². The average Bonchev–Trinajstić information content (AvgIpc) is 2.39. The molecule has 1 saturated heterocycles. The topological polar surface area (TPSA) is 99.1 Å². The number of esters is 2. The van der Waals surface area contributed by atoms with Gasteiger partial charge in [0.05, 0.1) is 32.3 Å². The van der Waals surface area contributed by atoms with Crippen molar-refractivity contribution >= 4 is 17.7 Å². The molecule has 0 aromatic heterocycles. The predicted octanol–water partition coefficient (Wildman–Crippen LogP) is -0.551. The van der Waals surface area contributed by atoms with Crippen LogP contribution >= 0.6 is 0 Å². The van der Waals surface area contributed by atoms with Gasteiger partial charge < -0.3 is 19.3 Å². The zero-order valence-corrected chi connectivity index (χ0v) is 11.0. The summed E-state index contributed by atoms with van der Waals surface area (Å²) in [5.41, 5.74) is -2.64. The molecule has 1 unspecified atom stereocenters. The third-order valence-electron chi connectivity index (χ3n) is 2.84. The first-order valence-corrected chi connectivity index (χ1v) is 6.15. The van der Waals surface area contributed by atoms with E-state index in [-0.39, 0.29) is 32.8 Å². The Morgan fingerprint density at radius 1 is 1.32 bits per heavy atom. The summed E-state index contributed by atoms with van der Waals surface area (Å²) in [6.07, 6.45) is 0.0335. The van der Waals surface area contributed by atoms with Crippen LogP contribution in [0.2, 0.25) is 0 Å². The highest BCUT2D eigenvalue weighted by Gasteiger charge is 2.57. The summed E-state index contributed by atoms with van der Waals surface area (Å²) in [4.78, 5) is 35.5. The molecular formula is C12H18O7. The van der Waals surface area contributed by atoms with Gasteiger partial charge >= 0.3 is 11.9 Å². The van der Waals surface area contributed by atoms with Crippen LogP contribution in [0.3, 0.4) is 0 Å². The highest BCUT2D eigenvalue weighted by molar-refractivity contribution is 6.08. The molecule has 19 heavy (non-hydrogen) atoms. The number of ketones is 1. The summed E-state index contributed by atoms with van der Waals surface area (Å²) in [5.74, 6) is -4.08. The SMILES string of the molecule is CCOC(=O)C(O)(C(=O)OCC)C1COCCC1=O. The van der Waals surface area contributed by atoms with Gasteiger partial charge in [0, 0.05) is 6.42 Å². The van der Waals surface area contributed by atoms with E-state index in [1.54, 1.807) is 0 Å². The van der Waals surface area contributed by atoms with E-state index in [0.717, 1.165) is 0 Å². The lowest BCUT2D eigenvalue weighted by molar-refractivity contribution is -0.196. The first kappa shape index (κ1) is 15.6. The van der Waals surface area contributed by atoms with Crippen LogP contribution in [-0.2, 0) is 28.6 Å². The highest BCUT2D eigenvalue weighted by Crippen LogP contribution is 2.27. The number of Topliss-reactive ketones (excluding diaryl/α,β-unsaturated/α-hetero) is 1. The smallest absolute Gasteiger partial charge is 0.350 e. The Bertz CT molecular complexity index is 345. The lowest BCUT2D eigenvalue weighted by Gasteiger charge is -2.32. The molecule has 7 nitrogen and oxygen atoms in total. The van der Waals surface area contributed by atoms with Gasteiger partial charge in [-0.15, -0.1) is 0 Å². The van der Waals surface area contributed by atoms with Crippen molar-refractivity contribution in [2.45, 2.75) is 25.9 Å². The Labute approximate surface area is 110 Å². The summed E-state index contributed by atoms with van der Waals surface area (Å²) in [5, 5.41) is 10.4. The Hall–Kier alpha value is -1.47. The molecule has 0 aromatic carbocycles. The summed E-state index contributed by atoms with van der Waals surface area (Å²) in [7, 11) is 0. The number of carbonyl (C=O) groups excluding carboxylic acids is 3. The van der Waals surface area contributed by atoms with Gasteiger partial charge in [0.1, 0.15) is 5.78 Å². The van der Waals surface area contributed by atoms with E-state index in [1.807, 2.05) is 0 Å². The fraction of sp³-hybridized carbons (Fsp3) is 0.750. The lowest BCUT2D eigenvalue weighted by atomic mass is 9.82. The third-order valence-corrected chi connectivity index (χ3v) is 2.84. The first-order chi connectivity index (χ1) is 8.98. The van der Waals surface area contributed by atoms with Gasteiger partial charge in [-0.25, -0.2) is 9.59 Å². The number of hydrogen-bond acceptors (Lipinski definition) is 7. The van der Waals surface area contributed by atoms with Gasteiger partial charge in [-0.3, -0.25) is 4.79 Å². The fourth-order valence-electron chi connectivity index (χ4n) is 1.84. The molecular weight excluding hydrogens is 256 g/mol. The highest BCUT2D eigenvalue weighted by atomic mass is 16.6. The van der Waals surface area contributed by atoms with Crippen molar-refractivity contribution in [3.05, 3.63) is 0 Å². The Kier molecular flexibility index (Phi) is 5.44. The Balaban J connectivity index is 3.05. The largest absolute Gasteiger partial charge is 0.463 e. The number of carbonyl (C=O) groups is 3. The number of rotatable bonds is 5. The maximum absolute atomic E-state index is 11.8. The van der Waals surface area contributed by atoms with E-state index < -0.39 is 29.2 Å². The molecule has 0 aromatic rings.